The topological polar surface area (TPSA) is 50.4 Å². The molecule has 0 spiro atoms. The molecule has 0 bridgehead atoms. The molecule has 0 aliphatic rings. The smallest absolute Gasteiger partial charge is 0.262 e. The van der Waals surface area contributed by atoms with E-state index in [9.17, 15) is 4.79 Å². The van der Waals surface area contributed by atoms with Gasteiger partial charge < -0.3 is 15.4 Å². The normalized spacial score (nSPS) is 10.1. The molecule has 0 saturated carbocycles. The Labute approximate surface area is 147 Å². The molecule has 25 heavy (non-hydrogen) atoms. The second-order valence-electron chi connectivity index (χ2n) is 5.57. The molecule has 0 aromatic heterocycles. The fourth-order valence-corrected chi connectivity index (χ4v) is 2.37. The molecule has 0 unspecified atom stereocenters. The van der Waals surface area contributed by atoms with Gasteiger partial charge in [-0.25, -0.2) is 0 Å². The Balaban J connectivity index is 1.50. The van der Waals surface area contributed by atoms with Gasteiger partial charge in [0, 0.05) is 17.9 Å². The van der Waals surface area contributed by atoms with Crippen LogP contribution in [0.1, 0.15) is 5.56 Å². The van der Waals surface area contributed by atoms with Crippen LogP contribution in [-0.2, 0) is 11.3 Å². The summed E-state index contributed by atoms with van der Waals surface area (Å²) in [6, 6.07) is 27.1. The minimum absolute atomic E-state index is 0.0234. The Morgan fingerprint density at radius 1 is 0.800 bits per heavy atom. The molecular weight excluding hydrogens is 312 g/mol. The summed E-state index contributed by atoms with van der Waals surface area (Å²) in [6.07, 6.45) is 0. The van der Waals surface area contributed by atoms with Crippen molar-refractivity contribution in [3.05, 3.63) is 90.5 Å². The van der Waals surface area contributed by atoms with E-state index < -0.39 is 0 Å². The van der Waals surface area contributed by atoms with Gasteiger partial charge in [0.05, 0.1) is 0 Å². The fraction of sp³-hybridized carbons (Fsp3) is 0.0952. The summed E-state index contributed by atoms with van der Waals surface area (Å²) in [5.74, 6) is 0.495. The average Bonchev–Trinajstić information content (AvgIpc) is 2.67. The van der Waals surface area contributed by atoms with Gasteiger partial charge >= 0.3 is 0 Å². The maximum atomic E-state index is 11.9. The van der Waals surface area contributed by atoms with E-state index in [0.29, 0.717) is 12.3 Å². The van der Waals surface area contributed by atoms with E-state index in [-0.39, 0.29) is 12.5 Å². The van der Waals surface area contributed by atoms with Crippen molar-refractivity contribution in [1.29, 1.82) is 0 Å². The molecule has 4 heteroatoms. The van der Waals surface area contributed by atoms with Gasteiger partial charge in [0.1, 0.15) is 5.75 Å². The van der Waals surface area contributed by atoms with Crippen molar-refractivity contribution in [2.24, 2.45) is 0 Å². The van der Waals surface area contributed by atoms with Crippen LogP contribution in [0, 0.1) is 0 Å². The summed E-state index contributed by atoms with van der Waals surface area (Å²) in [5, 5.41) is 6.15. The first kappa shape index (κ1) is 16.6. The SMILES string of the molecule is O=C(COc1cccc(CNc2ccccc2)c1)Nc1ccccc1. The van der Waals surface area contributed by atoms with E-state index in [1.165, 1.54) is 0 Å². The summed E-state index contributed by atoms with van der Waals surface area (Å²) in [6.45, 7) is 0.669. The van der Waals surface area contributed by atoms with Crippen LogP contribution in [0.2, 0.25) is 0 Å². The summed E-state index contributed by atoms with van der Waals surface area (Å²) < 4.78 is 5.59. The van der Waals surface area contributed by atoms with Crippen LogP contribution < -0.4 is 15.4 Å². The monoisotopic (exact) mass is 332 g/mol. The molecule has 3 aromatic carbocycles. The van der Waals surface area contributed by atoms with E-state index in [4.69, 9.17) is 4.74 Å². The molecule has 0 atom stereocenters. The van der Waals surface area contributed by atoms with Crippen LogP contribution in [0.4, 0.5) is 11.4 Å². The maximum Gasteiger partial charge on any atom is 0.262 e. The second kappa shape index (κ2) is 8.55. The highest BCUT2D eigenvalue weighted by molar-refractivity contribution is 5.91. The number of rotatable bonds is 7. The summed E-state index contributed by atoms with van der Waals surface area (Å²) in [7, 11) is 0. The molecule has 0 aliphatic carbocycles. The largest absolute Gasteiger partial charge is 0.484 e. The molecule has 0 fully saturated rings. The third-order valence-corrected chi connectivity index (χ3v) is 3.60. The number of hydrogen-bond donors (Lipinski definition) is 2. The molecule has 0 aliphatic heterocycles. The van der Waals surface area contributed by atoms with Gasteiger partial charge in [0.15, 0.2) is 6.61 Å². The van der Waals surface area contributed by atoms with E-state index in [2.05, 4.69) is 10.6 Å². The number of carbonyl (C=O) groups excluding carboxylic acids is 1. The van der Waals surface area contributed by atoms with Crippen molar-refractivity contribution in [1.82, 2.24) is 0 Å². The van der Waals surface area contributed by atoms with Crippen molar-refractivity contribution in [3.8, 4) is 5.75 Å². The fourth-order valence-electron chi connectivity index (χ4n) is 2.37. The number of para-hydroxylation sites is 2. The molecule has 4 nitrogen and oxygen atoms in total. The first-order valence-electron chi connectivity index (χ1n) is 8.15. The van der Waals surface area contributed by atoms with Crippen LogP contribution in [0.3, 0.4) is 0 Å². The van der Waals surface area contributed by atoms with Gasteiger partial charge in [-0.3, -0.25) is 4.79 Å². The lowest BCUT2D eigenvalue weighted by atomic mass is 10.2. The van der Waals surface area contributed by atoms with E-state index in [0.717, 1.165) is 16.9 Å². The molecular formula is C21H20N2O2. The van der Waals surface area contributed by atoms with Crippen LogP contribution in [-0.4, -0.2) is 12.5 Å². The molecule has 0 heterocycles. The molecule has 0 saturated heterocycles. The molecule has 1 amide bonds. The van der Waals surface area contributed by atoms with Gasteiger partial charge in [-0.05, 0) is 42.0 Å². The van der Waals surface area contributed by atoms with Gasteiger partial charge in [0.25, 0.3) is 5.91 Å². The lowest BCUT2D eigenvalue weighted by Crippen LogP contribution is -2.20. The number of benzene rings is 3. The highest BCUT2D eigenvalue weighted by atomic mass is 16.5. The number of anilines is 2. The first-order chi connectivity index (χ1) is 12.3. The molecule has 2 N–H and O–H groups in total. The van der Waals surface area contributed by atoms with Crippen LogP contribution in [0.25, 0.3) is 0 Å². The first-order valence-corrected chi connectivity index (χ1v) is 8.15. The van der Waals surface area contributed by atoms with E-state index in [1.54, 1.807) is 0 Å². The van der Waals surface area contributed by atoms with Gasteiger partial charge in [-0.15, -0.1) is 0 Å². The molecule has 3 rings (SSSR count). The van der Waals surface area contributed by atoms with Crippen molar-refractivity contribution >= 4 is 17.3 Å². The molecule has 0 radical (unpaired) electrons. The highest BCUT2D eigenvalue weighted by Gasteiger charge is 2.04. The summed E-state index contributed by atoms with van der Waals surface area (Å²) in [5.41, 5.74) is 2.91. The van der Waals surface area contributed by atoms with Crippen molar-refractivity contribution < 1.29 is 9.53 Å². The van der Waals surface area contributed by atoms with E-state index >= 15 is 0 Å². The van der Waals surface area contributed by atoms with Gasteiger partial charge in [-0.1, -0.05) is 48.5 Å². The lowest BCUT2D eigenvalue weighted by molar-refractivity contribution is -0.118. The Bertz CT molecular complexity index is 804. The lowest BCUT2D eigenvalue weighted by Gasteiger charge is -2.10. The standard InChI is InChI=1S/C21H20N2O2/c24-21(23-19-11-5-2-6-12-19)16-25-20-13-7-8-17(14-20)15-22-18-9-3-1-4-10-18/h1-14,22H,15-16H2,(H,23,24). The number of ether oxygens (including phenoxy) is 1. The summed E-state index contributed by atoms with van der Waals surface area (Å²) in [4.78, 5) is 11.9. The highest BCUT2D eigenvalue weighted by Crippen LogP contribution is 2.15. The summed E-state index contributed by atoms with van der Waals surface area (Å²) >= 11 is 0. The van der Waals surface area contributed by atoms with Gasteiger partial charge in [-0.2, -0.15) is 0 Å². The van der Waals surface area contributed by atoms with Crippen LogP contribution >= 0.6 is 0 Å². The quantitative estimate of drug-likeness (QED) is 0.677. The minimum atomic E-state index is -0.181. The Morgan fingerprint density at radius 2 is 1.48 bits per heavy atom. The maximum absolute atomic E-state index is 11.9. The zero-order chi connectivity index (χ0) is 17.3. The zero-order valence-electron chi connectivity index (χ0n) is 13.8. The Morgan fingerprint density at radius 3 is 2.20 bits per heavy atom. The average molecular weight is 332 g/mol. The van der Waals surface area contributed by atoms with Crippen molar-refractivity contribution in [3.63, 3.8) is 0 Å². The Hall–Kier alpha value is -3.27. The third-order valence-electron chi connectivity index (χ3n) is 3.60. The van der Waals surface area contributed by atoms with Crippen LogP contribution in [0.5, 0.6) is 5.75 Å². The number of hydrogen-bond acceptors (Lipinski definition) is 3. The van der Waals surface area contributed by atoms with Crippen LogP contribution in [0.15, 0.2) is 84.9 Å². The van der Waals surface area contributed by atoms with Gasteiger partial charge in [0.2, 0.25) is 0 Å². The zero-order valence-corrected chi connectivity index (χ0v) is 13.8. The predicted octanol–water partition coefficient (Wildman–Crippen LogP) is 4.32. The minimum Gasteiger partial charge on any atom is -0.484 e. The second-order valence-corrected chi connectivity index (χ2v) is 5.57. The molecule has 126 valence electrons. The number of nitrogens with one attached hydrogen (secondary N) is 2. The number of amides is 1. The number of carbonyl (C=O) groups is 1. The predicted molar refractivity (Wildman–Crippen MR) is 101 cm³/mol. The molecule has 3 aromatic rings. The van der Waals surface area contributed by atoms with Crippen molar-refractivity contribution in [2.45, 2.75) is 6.54 Å². The van der Waals surface area contributed by atoms with Crippen molar-refractivity contribution in [2.75, 3.05) is 17.2 Å². The van der Waals surface area contributed by atoms with E-state index in [1.807, 2.05) is 84.9 Å². The third kappa shape index (κ3) is 5.39. The Kier molecular flexibility index (Phi) is 5.67.